The molecule has 1 saturated heterocycles. The van der Waals surface area contributed by atoms with E-state index >= 15 is 0 Å². The molecule has 0 aromatic carbocycles. The van der Waals surface area contributed by atoms with Gasteiger partial charge >= 0.3 is 6.09 Å². The third-order valence-electron chi connectivity index (χ3n) is 3.55. The zero-order valence-electron chi connectivity index (χ0n) is 13.8. The van der Waals surface area contributed by atoms with E-state index < -0.39 is 21.5 Å². The van der Waals surface area contributed by atoms with Crippen molar-refractivity contribution in [3.63, 3.8) is 0 Å². The zero-order chi connectivity index (χ0) is 17.1. The smallest absolute Gasteiger partial charge is 0.410 e. The number of piperidine rings is 1. The van der Waals surface area contributed by atoms with Gasteiger partial charge in [0.25, 0.3) is 0 Å². The first-order valence-electron chi connectivity index (χ1n) is 7.74. The maximum atomic E-state index is 12.4. The number of rotatable bonds is 4. The highest BCUT2D eigenvalue weighted by atomic mass is 32.2. The number of hydrogen-bond acceptors (Lipinski definition) is 6. The average Bonchev–Trinajstić information content (AvgIpc) is 2.88. The third kappa shape index (κ3) is 5.76. The monoisotopic (exact) mass is 360 g/mol. The molecule has 2 heterocycles. The Kier molecular flexibility index (Phi) is 5.67. The van der Waals surface area contributed by atoms with Crippen LogP contribution in [0.1, 0.15) is 44.9 Å². The SMILES string of the molecule is CC(C)(C)OC(=O)N1CCCC[C@H]1CS(=O)(=O)Cc1cncs1. The molecule has 0 aliphatic carbocycles. The Morgan fingerprint density at radius 1 is 1.43 bits per heavy atom. The summed E-state index contributed by atoms with van der Waals surface area (Å²) in [6.45, 7) is 5.98. The van der Waals surface area contributed by atoms with Crippen molar-refractivity contribution in [1.82, 2.24) is 9.88 Å². The van der Waals surface area contributed by atoms with Crippen LogP contribution in [0.15, 0.2) is 11.7 Å². The molecule has 1 atom stereocenters. The van der Waals surface area contributed by atoms with Gasteiger partial charge < -0.3 is 9.64 Å². The van der Waals surface area contributed by atoms with E-state index in [1.54, 1.807) is 16.6 Å². The summed E-state index contributed by atoms with van der Waals surface area (Å²) in [5, 5.41) is 0. The van der Waals surface area contributed by atoms with Crippen LogP contribution in [-0.4, -0.2) is 48.3 Å². The van der Waals surface area contributed by atoms with Crippen molar-refractivity contribution in [1.29, 1.82) is 0 Å². The van der Waals surface area contributed by atoms with Gasteiger partial charge in [-0.3, -0.25) is 4.98 Å². The predicted octanol–water partition coefficient (Wildman–Crippen LogP) is 2.85. The molecule has 130 valence electrons. The Bertz CT molecular complexity index is 620. The summed E-state index contributed by atoms with van der Waals surface area (Å²) in [6.07, 6.45) is 3.66. The lowest BCUT2D eigenvalue weighted by atomic mass is 10.0. The highest BCUT2D eigenvalue weighted by Crippen LogP contribution is 2.23. The second-order valence-corrected chi connectivity index (χ2v) is 9.93. The number of aromatic nitrogens is 1. The quantitative estimate of drug-likeness (QED) is 0.825. The van der Waals surface area contributed by atoms with E-state index in [0.717, 1.165) is 17.7 Å². The zero-order valence-corrected chi connectivity index (χ0v) is 15.5. The van der Waals surface area contributed by atoms with Crippen LogP contribution in [-0.2, 0) is 20.3 Å². The van der Waals surface area contributed by atoms with Crippen molar-refractivity contribution in [2.24, 2.45) is 0 Å². The van der Waals surface area contributed by atoms with Crippen molar-refractivity contribution >= 4 is 27.3 Å². The van der Waals surface area contributed by atoms with E-state index in [1.807, 2.05) is 20.8 Å². The summed E-state index contributed by atoms with van der Waals surface area (Å²) in [5.41, 5.74) is 1.04. The number of carbonyl (C=O) groups excluding carboxylic acids is 1. The summed E-state index contributed by atoms with van der Waals surface area (Å²) >= 11 is 1.33. The predicted molar refractivity (Wildman–Crippen MR) is 90.2 cm³/mol. The van der Waals surface area contributed by atoms with Gasteiger partial charge in [-0.05, 0) is 40.0 Å². The van der Waals surface area contributed by atoms with E-state index in [1.165, 1.54) is 11.3 Å². The first kappa shape index (κ1) is 18.2. The highest BCUT2D eigenvalue weighted by molar-refractivity contribution is 7.90. The van der Waals surface area contributed by atoms with E-state index in [4.69, 9.17) is 4.74 Å². The number of likely N-dealkylation sites (tertiary alicyclic amines) is 1. The first-order chi connectivity index (χ1) is 10.7. The maximum Gasteiger partial charge on any atom is 0.410 e. The van der Waals surface area contributed by atoms with Gasteiger partial charge in [0.15, 0.2) is 9.84 Å². The Morgan fingerprint density at radius 2 is 2.17 bits per heavy atom. The largest absolute Gasteiger partial charge is 0.444 e. The molecule has 1 amide bonds. The van der Waals surface area contributed by atoms with Crippen molar-refractivity contribution in [2.45, 2.75) is 57.4 Å². The lowest BCUT2D eigenvalue weighted by molar-refractivity contribution is 0.0124. The van der Waals surface area contributed by atoms with Gasteiger partial charge in [-0.25, -0.2) is 13.2 Å². The molecule has 1 aromatic rings. The molecule has 8 heteroatoms. The lowest BCUT2D eigenvalue weighted by Crippen LogP contribution is -2.49. The third-order valence-corrected chi connectivity index (χ3v) is 6.15. The van der Waals surface area contributed by atoms with Crippen LogP contribution >= 0.6 is 11.3 Å². The number of nitrogens with zero attached hydrogens (tertiary/aromatic N) is 2. The Labute approximate surface area is 141 Å². The molecule has 1 fully saturated rings. The molecule has 6 nitrogen and oxygen atoms in total. The van der Waals surface area contributed by atoms with Crippen molar-refractivity contribution in [3.05, 3.63) is 16.6 Å². The van der Waals surface area contributed by atoms with Crippen molar-refractivity contribution in [3.8, 4) is 0 Å². The van der Waals surface area contributed by atoms with Gasteiger partial charge in [-0.2, -0.15) is 0 Å². The fraction of sp³-hybridized carbons (Fsp3) is 0.733. The van der Waals surface area contributed by atoms with Crippen LogP contribution in [0.5, 0.6) is 0 Å². The molecule has 1 aliphatic rings. The van der Waals surface area contributed by atoms with Crippen LogP contribution in [0.2, 0.25) is 0 Å². The van der Waals surface area contributed by atoms with E-state index in [2.05, 4.69) is 4.98 Å². The van der Waals surface area contributed by atoms with E-state index in [9.17, 15) is 13.2 Å². The number of amides is 1. The first-order valence-corrected chi connectivity index (χ1v) is 10.4. The molecule has 0 radical (unpaired) electrons. The standard InChI is InChI=1S/C15H24N2O4S2/c1-15(2,3)21-14(18)17-7-5-4-6-12(17)9-23(19,20)10-13-8-16-11-22-13/h8,11-12H,4-7,9-10H2,1-3H3/t12-/m0/s1. The van der Waals surface area contributed by atoms with Crippen LogP contribution in [0.3, 0.4) is 0 Å². The fourth-order valence-electron chi connectivity index (χ4n) is 2.62. The number of sulfone groups is 1. The Hall–Kier alpha value is -1.15. The van der Waals surface area contributed by atoms with E-state index in [0.29, 0.717) is 13.0 Å². The van der Waals surface area contributed by atoms with Crippen LogP contribution in [0, 0.1) is 0 Å². The molecule has 0 saturated carbocycles. The van der Waals surface area contributed by atoms with Gasteiger partial charge in [0.1, 0.15) is 5.60 Å². The van der Waals surface area contributed by atoms with Gasteiger partial charge in [-0.1, -0.05) is 0 Å². The number of hydrogen-bond donors (Lipinski definition) is 0. The molecule has 23 heavy (non-hydrogen) atoms. The Morgan fingerprint density at radius 3 is 2.78 bits per heavy atom. The van der Waals surface area contributed by atoms with Gasteiger partial charge in [0.2, 0.25) is 0 Å². The molecular weight excluding hydrogens is 336 g/mol. The topological polar surface area (TPSA) is 76.6 Å². The van der Waals surface area contributed by atoms with Crippen LogP contribution in [0.4, 0.5) is 4.79 Å². The minimum atomic E-state index is -3.29. The molecule has 1 aromatic heterocycles. The summed E-state index contributed by atoms with van der Waals surface area (Å²) in [6, 6.07) is -0.309. The Balaban J connectivity index is 2.04. The molecule has 0 N–H and O–H groups in total. The minimum absolute atomic E-state index is 0.0175. The van der Waals surface area contributed by atoms with Crippen molar-refractivity contribution < 1.29 is 17.9 Å². The molecule has 1 aliphatic heterocycles. The second-order valence-electron chi connectivity index (χ2n) is 6.85. The molecule has 0 bridgehead atoms. The van der Waals surface area contributed by atoms with Gasteiger partial charge in [-0.15, -0.1) is 11.3 Å². The normalized spacial score (nSPS) is 19.6. The number of ether oxygens (including phenoxy) is 1. The molecular formula is C15H24N2O4S2. The summed E-state index contributed by atoms with van der Waals surface area (Å²) in [7, 11) is -3.29. The highest BCUT2D eigenvalue weighted by Gasteiger charge is 2.33. The second kappa shape index (κ2) is 7.17. The molecule has 2 rings (SSSR count). The molecule has 0 spiro atoms. The van der Waals surface area contributed by atoms with Crippen LogP contribution < -0.4 is 0 Å². The van der Waals surface area contributed by atoms with Gasteiger partial charge in [0, 0.05) is 23.7 Å². The lowest BCUT2D eigenvalue weighted by Gasteiger charge is -2.36. The fourth-order valence-corrected chi connectivity index (χ4v) is 5.37. The summed E-state index contributed by atoms with van der Waals surface area (Å²) in [5.74, 6) is -0.0412. The number of carbonyl (C=O) groups is 1. The van der Waals surface area contributed by atoms with Crippen LogP contribution in [0.25, 0.3) is 0 Å². The molecule has 0 unspecified atom stereocenters. The van der Waals surface area contributed by atoms with Crippen molar-refractivity contribution in [2.75, 3.05) is 12.3 Å². The number of thiazole rings is 1. The average molecular weight is 361 g/mol. The summed E-state index contributed by atoms with van der Waals surface area (Å²) < 4.78 is 30.3. The summed E-state index contributed by atoms with van der Waals surface area (Å²) in [4.78, 5) is 18.5. The minimum Gasteiger partial charge on any atom is -0.444 e. The van der Waals surface area contributed by atoms with E-state index in [-0.39, 0.29) is 17.5 Å². The maximum absolute atomic E-state index is 12.4. The van der Waals surface area contributed by atoms with Gasteiger partial charge in [0.05, 0.1) is 17.0 Å².